The SMILES string of the molecule is CCOc1nc(Nc2cccc(C(F)(F)F)c2)nc(NC2CCN(Cc3ccccn3)CC2)n1.Cl. The third-order valence-electron chi connectivity index (χ3n) is 5.37. The van der Waals surface area contributed by atoms with E-state index in [4.69, 9.17) is 4.74 Å². The lowest BCUT2D eigenvalue weighted by Gasteiger charge is -2.32. The number of rotatable bonds is 8. The summed E-state index contributed by atoms with van der Waals surface area (Å²) in [5.41, 5.74) is 0.502. The minimum Gasteiger partial charge on any atom is -0.464 e. The third-order valence-corrected chi connectivity index (χ3v) is 5.37. The van der Waals surface area contributed by atoms with Crippen LogP contribution in [0.3, 0.4) is 0 Å². The Balaban J connectivity index is 0.00000342. The van der Waals surface area contributed by atoms with Gasteiger partial charge in [-0.2, -0.15) is 28.1 Å². The predicted octanol–water partition coefficient (Wildman–Crippen LogP) is 4.93. The van der Waals surface area contributed by atoms with E-state index in [9.17, 15) is 13.2 Å². The van der Waals surface area contributed by atoms with E-state index in [1.165, 1.54) is 12.1 Å². The van der Waals surface area contributed by atoms with Crippen LogP contribution in [-0.4, -0.2) is 50.6 Å². The molecule has 12 heteroatoms. The minimum absolute atomic E-state index is 0. The van der Waals surface area contributed by atoms with Gasteiger partial charge in [0, 0.05) is 37.6 Å². The lowest BCUT2D eigenvalue weighted by molar-refractivity contribution is -0.137. The van der Waals surface area contributed by atoms with Crippen LogP contribution in [0.15, 0.2) is 48.7 Å². The first-order chi connectivity index (χ1) is 16.4. The highest BCUT2D eigenvalue weighted by Gasteiger charge is 2.30. The van der Waals surface area contributed by atoms with Gasteiger partial charge in [0.05, 0.1) is 17.9 Å². The van der Waals surface area contributed by atoms with Crippen LogP contribution >= 0.6 is 12.4 Å². The molecule has 4 rings (SSSR count). The molecule has 0 radical (unpaired) electrons. The first-order valence-corrected chi connectivity index (χ1v) is 11.1. The zero-order valence-electron chi connectivity index (χ0n) is 19.1. The number of alkyl halides is 3. The molecule has 8 nitrogen and oxygen atoms in total. The molecule has 2 N–H and O–H groups in total. The molecule has 1 saturated heterocycles. The van der Waals surface area contributed by atoms with Crippen molar-refractivity contribution >= 4 is 30.0 Å². The van der Waals surface area contributed by atoms with Gasteiger partial charge in [-0.15, -0.1) is 12.4 Å². The van der Waals surface area contributed by atoms with Crippen molar-refractivity contribution in [2.24, 2.45) is 0 Å². The second-order valence-corrected chi connectivity index (χ2v) is 7.92. The van der Waals surface area contributed by atoms with Crippen molar-refractivity contribution in [3.63, 3.8) is 0 Å². The molecular formula is C23H27ClF3N7O. The summed E-state index contributed by atoms with van der Waals surface area (Å²) in [6, 6.07) is 11.0. The minimum atomic E-state index is -4.44. The Kier molecular flexibility index (Phi) is 9.05. The summed E-state index contributed by atoms with van der Waals surface area (Å²) in [5, 5.41) is 6.15. The summed E-state index contributed by atoms with van der Waals surface area (Å²) in [7, 11) is 0. The number of piperidine rings is 1. The maximum absolute atomic E-state index is 13.0. The van der Waals surface area contributed by atoms with Crippen molar-refractivity contribution < 1.29 is 17.9 Å². The van der Waals surface area contributed by atoms with Crippen LogP contribution in [0.2, 0.25) is 0 Å². The molecular weight excluding hydrogens is 483 g/mol. The third kappa shape index (κ3) is 7.66. The van der Waals surface area contributed by atoms with Gasteiger partial charge in [-0.1, -0.05) is 12.1 Å². The highest BCUT2D eigenvalue weighted by Crippen LogP contribution is 2.31. The molecule has 0 bridgehead atoms. The Morgan fingerprint density at radius 3 is 2.49 bits per heavy atom. The Hall–Kier alpha value is -3.18. The van der Waals surface area contributed by atoms with Gasteiger partial charge in [-0.05, 0) is 50.1 Å². The standard InChI is InChI=1S/C23H26F3N7O.ClH/c1-2-34-22-31-20(28-17-9-12-33(13-10-17)15-19-7-3-4-11-27-19)30-21(32-22)29-18-8-5-6-16(14-18)23(24,25)26;/h3-8,11,14,17H,2,9-10,12-13,15H2,1H3,(H2,28,29,30,31,32);1H. The van der Waals surface area contributed by atoms with Gasteiger partial charge < -0.3 is 15.4 Å². The molecule has 1 fully saturated rings. The Labute approximate surface area is 207 Å². The maximum atomic E-state index is 13.0. The topological polar surface area (TPSA) is 88.1 Å². The van der Waals surface area contributed by atoms with Gasteiger partial charge in [0.25, 0.3) is 0 Å². The fraction of sp³-hybridized carbons (Fsp3) is 0.391. The molecule has 0 amide bonds. The highest BCUT2D eigenvalue weighted by atomic mass is 35.5. The molecule has 0 unspecified atom stereocenters. The summed E-state index contributed by atoms with van der Waals surface area (Å²) in [6.45, 7) is 4.74. The molecule has 0 spiro atoms. The number of nitrogens with zero attached hydrogens (tertiary/aromatic N) is 5. The van der Waals surface area contributed by atoms with Crippen LogP contribution in [-0.2, 0) is 12.7 Å². The second-order valence-electron chi connectivity index (χ2n) is 7.92. The number of nitrogens with one attached hydrogen (secondary N) is 2. The van der Waals surface area contributed by atoms with Gasteiger partial charge in [0.2, 0.25) is 11.9 Å². The number of ether oxygens (including phenoxy) is 1. The number of likely N-dealkylation sites (tertiary alicyclic amines) is 1. The van der Waals surface area contributed by atoms with E-state index in [-0.39, 0.29) is 36.1 Å². The summed E-state index contributed by atoms with van der Waals surface area (Å²) in [5.74, 6) is 0.420. The van der Waals surface area contributed by atoms with Crippen LogP contribution in [0.5, 0.6) is 6.01 Å². The summed E-state index contributed by atoms with van der Waals surface area (Å²) >= 11 is 0. The fourth-order valence-electron chi connectivity index (χ4n) is 3.71. The molecule has 0 aliphatic carbocycles. The number of pyridine rings is 1. The molecule has 1 aromatic carbocycles. The summed E-state index contributed by atoms with van der Waals surface area (Å²) in [4.78, 5) is 19.6. The van der Waals surface area contributed by atoms with Crippen molar-refractivity contribution in [3.05, 3.63) is 59.9 Å². The van der Waals surface area contributed by atoms with Crippen molar-refractivity contribution in [1.29, 1.82) is 0 Å². The van der Waals surface area contributed by atoms with Gasteiger partial charge in [-0.3, -0.25) is 9.88 Å². The zero-order valence-corrected chi connectivity index (χ0v) is 19.9. The number of anilines is 3. The number of halogens is 4. The molecule has 0 atom stereocenters. The van der Waals surface area contributed by atoms with Crippen LogP contribution in [0.1, 0.15) is 31.0 Å². The van der Waals surface area contributed by atoms with Crippen molar-refractivity contribution in [2.45, 2.75) is 38.5 Å². The van der Waals surface area contributed by atoms with Crippen LogP contribution in [0.25, 0.3) is 0 Å². The molecule has 3 aromatic rings. The summed E-state index contributed by atoms with van der Waals surface area (Å²) in [6.07, 6.45) is -0.867. The van der Waals surface area contributed by atoms with Crippen molar-refractivity contribution in [1.82, 2.24) is 24.8 Å². The predicted molar refractivity (Wildman–Crippen MR) is 129 cm³/mol. The number of hydrogen-bond acceptors (Lipinski definition) is 8. The van der Waals surface area contributed by atoms with E-state index < -0.39 is 11.7 Å². The van der Waals surface area contributed by atoms with Gasteiger partial charge >= 0.3 is 12.2 Å². The van der Waals surface area contributed by atoms with Crippen molar-refractivity contribution in [3.8, 4) is 6.01 Å². The van der Waals surface area contributed by atoms with Gasteiger partial charge in [-0.25, -0.2) is 0 Å². The molecule has 3 heterocycles. The lowest BCUT2D eigenvalue weighted by Crippen LogP contribution is -2.39. The first kappa shape index (κ1) is 26.4. The molecule has 1 aliphatic rings. The quantitative estimate of drug-likeness (QED) is 0.442. The van der Waals surface area contributed by atoms with Crippen LogP contribution in [0, 0.1) is 0 Å². The molecule has 35 heavy (non-hydrogen) atoms. The van der Waals surface area contributed by atoms with E-state index in [1.807, 2.05) is 18.2 Å². The van der Waals surface area contributed by atoms with Crippen LogP contribution in [0.4, 0.5) is 30.8 Å². The largest absolute Gasteiger partial charge is 0.464 e. The Morgan fingerprint density at radius 1 is 1.03 bits per heavy atom. The van der Waals surface area contributed by atoms with E-state index in [2.05, 4.69) is 35.5 Å². The normalized spacial score (nSPS) is 14.7. The summed E-state index contributed by atoms with van der Waals surface area (Å²) < 4.78 is 44.6. The maximum Gasteiger partial charge on any atom is 0.416 e. The van der Waals surface area contributed by atoms with E-state index >= 15 is 0 Å². The van der Waals surface area contributed by atoms with Crippen LogP contribution < -0.4 is 15.4 Å². The molecule has 1 aliphatic heterocycles. The molecule has 2 aromatic heterocycles. The van der Waals surface area contributed by atoms with Gasteiger partial charge in [0.1, 0.15) is 0 Å². The van der Waals surface area contributed by atoms with E-state index in [0.717, 1.165) is 50.3 Å². The molecule has 0 saturated carbocycles. The second kappa shape index (κ2) is 12.0. The lowest BCUT2D eigenvalue weighted by atomic mass is 10.1. The van der Waals surface area contributed by atoms with Crippen molar-refractivity contribution in [2.75, 3.05) is 30.3 Å². The zero-order chi connectivity index (χ0) is 24.0. The van der Waals surface area contributed by atoms with E-state index in [0.29, 0.717) is 12.6 Å². The fourth-order valence-corrected chi connectivity index (χ4v) is 3.71. The number of hydrogen-bond donors (Lipinski definition) is 2. The Bertz CT molecular complexity index is 1080. The van der Waals surface area contributed by atoms with E-state index in [1.54, 1.807) is 13.1 Å². The smallest absolute Gasteiger partial charge is 0.416 e. The molecule has 188 valence electrons. The monoisotopic (exact) mass is 509 g/mol. The average molecular weight is 510 g/mol. The number of aromatic nitrogens is 4. The Morgan fingerprint density at radius 2 is 1.80 bits per heavy atom. The highest BCUT2D eigenvalue weighted by molar-refractivity contribution is 5.85. The first-order valence-electron chi connectivity index (χ1n) is 11.1. The number of benzene rings is 1. The average Bonchev–Trinajstić information content (AvgIpc) is 2.81. The van der Waals surface area contributed by atoms with Gasteiger partial charge in [0.15, 0.2) is 0 Å².